The van der Waals surface area contributed by atoms with Crippen LogP contribution in [0.5, 0.6) is 0 Å². The number of aromatic nitrogens is 4. The Morgan fingerprint density at radius 2 is 2.17 bits per heavy atom. The quantitative estimate of drug-likeness (QED) is 0.722. The first-order valence-electron chi connectivity index (χ1n) is 5.35. The van der Waals surface area contributed by atoms with E-state index in [4.69, 9.17) is 5.73 Å². The molecule has 0 fully saturated rings. The van der Waals surface area contributed by atoms with Gasteiger partial charge in [0.2, 0.25) is 0 Å². The second-order valence-corrected chi connectivity index (χ2v) is 3.82. The Balaban J connectivity index is 2.04. The zero-order chi connectivity index (χ0) is 12.5. The van der Waals surface area contributed by atoms with E-state index < -0.39 is 0 Å². The highest BCUT2D eigenvalue weighted by Crippen LogP contribution is 2.22. The van der Waals surface area contributed by atoms with Crippen molar-refractivity contribution in [2.24, 2.45) is 0 Å². The van der Waals surface area contributed by atoms with Crippen LogP contribution in [0.15, 0.2) is 42.7 Å². The lowest BCUT2D eigenvalue weighted by Crippen LogP contribution is -1.98. The number of nitrogens with two attached hydrogens (primary N) is 1. The van der Waals surface area contributed by atoms with Crippen LogP contribution >= 0.6 is 0 Å². The molecule has 0 aliphatic heterocycles. The maximum absolute atomic E-state index is 14.0. The summed E-state index contributed by atoms with van der Waals surface area (Å²) in [7, 11) is 0. The molecule has 3 N–H and O–H groups in total. The number of nitrogens with zero attached hydrogens (tertiary/aromatic N) is 3. The zero-order valence-corrected chi connectivity index (χ0v) is 9.34. The topological polar surface area (TPSA) is 72.5 Å². The van der Waals surface area contributed by atoms with E-state index in [0.717, 1.165) is 0 Å². The maximum atomic E-state index is 14.0. The van der Waals surface area contributed by atoms with Crippen molar-refractivity contribution >= 4 is 5.82 Å². The lowest BCUT2D eigenvalue weighted by atomic mass is 10.1. The molecule has 6 heteroatoms. The number of hydrogen-bond acceptors (Lipinski definition) is 3. The van der Waals surface area contributed by atoms with Crippen LogP contribution in [0.2, 0.25) is 0 Å². The minimum atomic E-state index is -0.357. The van der Waals surface area contributed by atoms with Crippen molar-refractivity contribution in [3.63, 3.8) is 0 Å². The summed E-state index contributed by atoms with van der Waals surface area (Å²) >= 11 is 0. The van der Waals surface area contributed by atoms with Crippen LogP contribution < -0.4 is 5.73 Å². The van der Waals surface area contributed by atoms with Gasteiger partial charge in [0.05, 0.1) is 5.69 Å². The molecule has 0 bridgehead atoms. The summed E-state index contributed by atoms with van der Waals surface area (Å²) < 4.78 is 15.5. The van der Waals surface area contributed by atoms with Crippen molar-refractivity contribution in [1.29, 1.82) is 0 Å². The fourth-order valence-corrected chi connectivity index (χ4v) is 1.76. The van der Waals surface area contributed by atoms with Crippen molar-refractivity contribution < 1.29 is 4.39 Å². The van der Waals surface area contributed by atoms with Crippen molar-refractivity contribution in [3.8, 4) is 16.9 Å². The van der Waals surface area contributed by atoms with Crippen molar-refractivity contribution in [1.82, 2.24) is 20.0 Å². The Morgan fingerprint density at radius 1 is 1.28 bits per heavy atom. The number of H-pyrrole nitrogens is 1. The molecular weight excluding hydrogens is 233 g/mol. The van der Waals surface area contributed by atoms with Crippen molar-refractivity contribution in [2.45, 2.75) is 0 Å². The monoisotopic (exact) mass is 243 g/mol. The van der Waals surface area contributed by atoms with Crippen molar-refractivity contribution in [2.75, 3.05) is 5.73 Å². The molecule has 0 spiro atoms. The third kappa shape index (κ3) is 1.73. The van der Waals surface area contributed by atoms with E-state index in [2.05, 4.69) is 15.3 Å². The lowest BCUT2D eigenvalue weighted by Gasteiger charge is -2.04. The number of aromatic amines is 1. The smallest absolute Gasteiger partial charge is 0.149 e. The Labute approximate surface area is 102 Å². The van der Waals surface area contributed by atoms with Crippen LogP contribution in [-0.2, 0) is 0 Å². The fourth-order valence-electron chi connectivity index (χ4n) is 1.76. The third-order valence-electron chi connectivity index (χ3n) is 2.61. The van der Waals surface area contributed by atoms with E-state index in [1.807, 2.05) is 0 Å². The van der Waals surface area contributed by atoms with Gasteiger partial charge in [0.15, 0.2) is 0 Å². The molecule has 0 aliphatic rings. The molecular formula is C12H10FN5. The normalized spacial score (nSPS) is 10.7. The largest absolute Gasteiger partial charge is 0.382 e. The molecule has 90 valence electrons. The summed E-state index contributed by atoms with van der Waals surface area (Å²) in [5, 5.41) is 10.5. The molecule has 18 heavy (non-hydrogen) atoms. The first-order chi connectivity index (χ1) is 8.74. The summed E-state index contributed by atoms with van der Waals surface area (Å²) in [5.41, 5.74) is 7.28. The number of anilines is 1. The summed E-state index contributed by atoms with van der Waals surface area (Å²) in [4.78, 5) is 0. The third-order valence-corrected chi connectivity index (χ3v) is 2.61. The zero-order valence-electron chi connectivity index (χ0n) is 9.34. The number of nitrogen functional groups attached to an aromatic ring is 1. The highest BCUT2D eigenvalue weighted by molar-refractivity contribution is 5.63. The fraction of sp³-hybridized carbons (Fsp3) is 0. The molecule has 2 heterocycles. The molecule has 0 atom stereocenters. The van der Waals surface area contributed by atoms with Gasteiger partial charge >= 0.3 is 0 Å². The first-order valence-corrected chi connectivity index (χ1v) is 5.35. The molecule has 0 saturated carbocycles. The molecule has 1 aromatic carbocycles. The number of rotatable bonds is 2. The van der Waals surface area contributed by atoms with Gasteiger partial charge in [-0.1, -0.05) is 6.07 Å². The van der Waals surface area contributed by atoms with Crippen LogP contribution in [-0.4, -0.2) is 20.0 Å². The van der Waals surface area contributed by atoms with Crippen LogP contribution in [0.25, 0.3) is 16.9 Å². The Morgan fingerprint density at radius 3 is 2.78 bits per heavy atom. The van der Waals surface area contributed by atoms with Gasteiger partial charge in [-0.15, -0.1) is 0 Å². The van der Waals surface area contributed by atoms with E-state index in [9.17, 15) is 4.39 Å². The molecule has 0 aliphatic carbocycles. The maximum Gasteiger partial charge on any atom is 0.149 e. The average Bonchev–Trinajstić information content (AvgIpc) is 2.99. The molecule has 3 rings (SSSR count). The lowest BCUT2D eigenvalue weighted by molar-refractivity contribution is 0.611. The highest BCUT2D eigenvalue weighted by atomic mass is 19.1. The number of nitrogens with one attached hydrogen (secondary N) is 1. The SMILES string of the molecule is Nc1cc(-c2ccc(-n3cccn3)c(F)c2)[nH]n1. The Hall–Kier alpha value is -2.63. The van der Waals surface area contributed by atoms with Gasteiger partial charge in [-0.3, -0.25) is 5.10 Å². The predicted octanol–water partition coefficient (Wildman–Crippen LogP) is 1.98. The van der Waals surface area contributed by atoms with Gasteiger partial charge in [-0.2, -0.15) is 10.2 Å². The average molecular weight is 243 g/mol. The minimum Gasteiger partial charge on any atom is -0.382 e. The van der Waals surface area contributed by atoms with E-state index in [1.165, 1.54) is 10.7 Å². The van der Waals surface area contributed by atoms with Gasteiger partial charge < -0.3 is 5.73 Å². The van der Waals surface area contributed by atoms with E-state index in [1.54, 1.807) is 36.7 Å². The standard InChI is InChI=1S/C12H10FN5/c13-9-6-8(10-7-12(14)17-16-10)2-3-11(9)18-5-1-4-15-18/h1-7H,(H3,14,16,17). The van der Waals surface area contributed by atoms with Gasteiger partial charge in [0, 0.05) is 24.0 Å². The predicted molar refractivity (Wildman–Crippen MR) is 65.5 cm³/mol. The Kier molecular flexibility index (Phi) is 2.33. The summed E-state index contributed by atoms with van der Waals surface area (Å²) in [6.07, 6.45) is 3.29. The van der Waals surface area contributed by atoms with Gasteiger partial charge in [-0.05, 0) is 18.2 Å². The molecule has 0 radical (unpaired) electrons. The molecule has 0 amide bonds. The van der Waals surface area contributed by atoms with E-state index in [-0.39, 0.29) is 5.82 Å². The Bertz CT molecular complexity index is 672. The van der Waals surface area contributed by atoms with Crippen LogP contribution in [0.1, 0.15) is 0 Å². The van der Waals surface area contributed by atoms with Crippen LogP contribution in [0, 0.1) is 5.82 Å². The van der Waals surface area contributed by atoms with Gasteiger partial charge in [-0.25, -0.2) is 9.07 Å². The molecule has 3 aromatic rings. The second kappa shape index (κ2) is 3.99. The number of hydrogen-bond donors (Lipinski definition) is 2. The van der Waals surface area contributed by atoms with Crippen LogP contribution in [0.4, 0.5) is 10.2 Å². The van der Waals surface area contributed by atoms with Crippen molar-refractivity contribution in [3.05, 3.63) is 48.5 Å². The highest BCUT2D eigenvalue weighted by Gasteiger charge is 2.08. The van der Waals surface area contributed by atoms with Gasteiger partial charge in [0.1, 0.15) is 17.3 Å². The molecule has 2 aromatic heterocycles. The molecule has 5 nitrogen and oxygen atoms in total. The molecule has 0 saturated heterocycles. The summed E-state index contributed by atoms with van der Waals surface area (Å²) in [6.45, 7) is 0. The van der Waals surface area contributed by atoms with Crippen LogP contribution in [0.3, 0.4) is 0 Å². The summed E-state index contributed by atoms with van der Waals surface area (Å²) in [5.74, 6) is 0.0194. The first kappa shape index (κ1) is 10.5. The van der Waals surface area contributed by atoms with Gasteiger partial charge in [0.25, 0.3) is 0 Å². The molecule has 0 unspecified atom stereocenters. The number of halogens is 1. The summed E-state index contributed by atoms with van der Waals surface area (Å²) in [6, 6.07) is 8.26. The minimum absolute atomic E-state index is 0.357. The van der Waals surface area contributed by atoms with E-state index in [0.29, 0.717) is 22.8 Å². The number of benzene rings is 1. The van der Waals surface area contributed by atoms with E-state index >= 15 is 0 Å². The second-order valence-electron chi connectivity index (χ2n) is 3.82.